The molecular formula is C33H39N7O7S. The molecule has 2 aliphatic carbocycles. The molecule has 4 atom stereocenters. The number of urea groups is 1. The van der Waals surface area contributed by atoms with E-state index in [1.165, 1.54) is 4.90 Å². The van der Waals surface area contributed by atoms with Gasteiger partial charge in [-0.2, -0.15) is 10.1 Å². The third kappa shape index (κ3) is 6.18. The van der Waals surface area contributed by atoms with Gasteiger partial charge in [-0.05, 0) is 74.2 Å². The van der Waals surface area contributed by atoms with Crippen molar-refractivity contribution < 1.29 is 32.3 Å². The molecule has 1 aromatic carbocycles. The Kier molecular flexibility index (Phi) is 8.26. The minimum absolute atomic E-state index is 0.102. The number of sulfonamides is 1. The first kappa shape index (κ1) is 31.9. The molecular weight excluding hydrogens is 638 g/mol. The van der Waals surface area contributed by atoms with E-state index in [2.05, 4.69) is 15.1 Å². The fraction of sp³-hybridized carbons (Fsp3) is 0.485. The molecule has 4 aliphatic rings. The second kappa shape index (κ2) is 12.4. The van der Waals surface area contributed by atoms with Gasteiger partial charge in [-0.15, -0.1) is 0 Å². The highest BCUT2D eigenvalue weighted by molar-refractivity contribution is 7.91. The lowest BCUT2D eigenvalue weighted by Crippen LogP contribution is -2.57. The number of hydrogen-bond acceptors (Lipinski definition) is 9. The van der Waals surface area contributed by atoms with Crippen LogP contribution < -0.4 is 19.5 Å². The monoisotopic (exact) mass is 677 g/mol. The lowest BCUT2D eigenvalue weighted by Gasteiger charge is -2.30. The standard InChI is InChI=1S/C33H39N7O7S/c1-38-14-6-4-3-5-8-22-19-33(22,31(42)37-48(44,45)25-10-11-25)36-29(41)27-18-24(20-39(27)32(38)43)47-30-26-12-9-23(46-2)16-21(26)17-28(35-30)40-15-7-13-34-40/h5,7-9,12-13,15-17,22,24-25,27H,3-4,6,10-11,14,18-20H2,1-2H3,(H,36,41)(H,37,42). The predicted octanol–water partition coefficient (Wildman–Crippen LogP) is 2.53. The van der Waals surface area contributed by atoms with Crippen LogP contribution in [0.3, 0.4) is 0 Å². The highest BCUT2D eigenvalue weighted by Crippen LogP contribution is 2.46. The Balaban J connectivity index is 1.19. The number of benzene rings is 1. The summed E-state index contributed by atoms with van der Waals surface area (Å²) in [5.41, 5.74) is -1.42. The Morgan fingerprint density at radius 1 is 1.17 bits per heavy atom. The number of amides is 4. The van der Waals surface area contributed by atoms with E-state index in [1.807, 2.05) is 30.4 Å². The van der Waals surface area contributed by atoms with Gasteiger partial charge in [0, 0.05) is 43.7 Å². The molecule has 15 heteroatoms. The summed E-state index contributed by atoms with van der Waals surface area (Å²) >= 11 is 0. The highest BCUT2D eigenvalue weighted by Gasteiger charge is 2.62. The minimum atomic E-state index is -3.83. The molecule has 4 heterocycles. The van der Waals surface area contributed by atoms with E-state index in [4.69, 9.17) is 14.5 Å². The van der Waals surface area contributed by atoms with Crippen molar-refractivity contribution in [3.63, 3.8) is 0 Å². The zero-order valence-electron chi connectivity index (χ0n) is 26.9. The Hall–Kier alpha value is -4.66. The van der Waals surface area contributed by atoms with E-state index in [1.54, 1.807) is 48.3 Å². The first-order chi connectivity index (χ1) is 23.1. The second-order valence-corrected chi connectivity index (χ2v) is 15.0. The number of hydrogen-bond donors (Lipinski definition) is 2. The number of methoxy groups -OCH3 is 1. The Labute approximate surface area is 278 Å². The smallest absolute Gasteiger partial charge is 0.320 e. The quantitative estimate of drug-likeness (QED) is 0.358. The third-order valence-corrected chi connectivity index (χ3v) is 11.4. The molecule has 0 radical (unpaired) electrons. The molecule has 48 heavy (non-hydrogen) atoms. The summed E-state index contributed by atoms with van der Waals surface area (Å²) in [4.78, 5) is 49.3. The lowest BCUT2D eigenvalue weighted by atomic mass is 10.1. The van der Waals surface area contributed by atoms with Crippen molar-refractivity contribution in [1.29, 1.82) is 0 Å². The number of carbonyl (C=O) groups is 3. The van der Waals surface area contributed by atoms with Crippen molar-refractivity contribution in [1.82, 2.24) is 34.6 Å². The summed E-state index contributed by atoms with van der Waals surface area (Å²) in [7, 11) is -0.538. The molecule has 4 unspecified atom stereocenters. The SMILES string of the molecule is COc1ccc2c(OC3CC4C(=O)NC5(C(=O)NS(=O)(=O)C6CC6)CC5C=CCCCCN(C)C(=O)N4C3)nc(-n3cccn3)cc2c1. The molecule has 14 nitrogen and oxygen atoms in total. The number of ether oxygens (including phenoxy) is 2. The Bertz CT molecular complexity index is 1880. The Morgan fingerprint density at radius 3 is 2.75 bits per heavy atom. The highest BCUT2D eigenvalue weighted by atomic mass is 32.2. The van der Waals surface area contributed by atoms with Crippen molar-refractivity contribution >= 4 is 38.6 Å². The topological polar surface area (TPSA) is 165 Å². The van der Waals surface area contributed by atoms with E-state index in [0.717, 1.165) is 24.6 Å². The number of fused-ring (bicyclic) bond motifs is 3. The van der Waals surface area contributed by atoms with Gasteiger partial charge >= 0.3 is 6.03 Å². The molecule has 3 aromatic rings. The zero-order valence-corrected chi connectivity index (χ0v) is 27.7. The number of allylic oxidation sites excluding steroid dienone is 1. The van der Waals surface area contributed by atoms with Crippen LogP contribution in [-0.4, -0.2) is 101 Å². The summed E-state index contributed by atoms with van der Waals surface area (Å²) in [5.74, 6) is -0.162. The van der Waals surface area contributed by atoms with Crippen molar-refractivity contribution in [3.05, 3.63) is 54.9 Å². The lowest BCUT2D eigenvalue weighted by molar-refractivity contribution is -0.131. The van der Waals surface area contributed by atoms with Crippen molar-refractivity contribution in [2.24, 2.45) is 5.92 Å². The molecule has 0 bridgehead atoms. The fourth-order valence-electron chi connectivity index (χ4n) is 6.58. The van der Waals surface area contributed by atoms with Gasteiger partial charge in [0.15, 0.2) is 5.82 Å². The van der Waals surface area contributed by atoms with Gasteiger partial charge in [0.2, 0.25) is 21.8 Å². The summed E-state index contributed by atoms with van der Waals surface area (Å²) in [6.07, 6.45) is 10.4. The van der Waals surface area contributed by atoms with Crippen LogP contribution in [0.25, 0.3) is 16.6 Å². The minimum Gasteiger partial charge on any atom is -0.497 e. The van der Waals surface area contributed by atoms with E-state index in [9.17, 15) is 22.8 Å². The van der Waals surface area contributed by atoms with E-state index < -0.39 is 44.8 Å². The maximum Gasteiger partial charge on any atom is 0.320 e. The number of pyridine rings is 1. The van der Waals surface area contributed by atoms with Gasteiger partial charge in [-0.1, -0.05) is 12.2 Å². The van der Waals surface area contributed by atoms with Gasteiger partial charge in [0.25, 0.3) is 5.91 Å². The molecule has 0 spiro atoms. The van der Waals surface area contributed by atoms with Crippen LogP contribution in [0.15, 0.2) is 54.9 Å². The second-order valence-electron chi connectivity index (χ2n) is 13.0. The summed E-state index contributed by atoms with van der Waals surface area (Å²) in [5, 5.41) is 8.13. The molecule has 3 fully saturated rings. The van der Waals surface area contributed by atoms with Crippen LogP contribution in [-0.2, 0) is 19.6 Å². The van der Waals surface area contributed by atoms with Gasteiger partial charge < -0.3 is 24.6 Å². The molecule has 7 rings (SSSR count). The maximum atomic E-state index is 14.1. The van der Waals surface area contributed by atoms with Crippen LogP contribution in [0.2, 0.25) is 0 Å². The number of nitrogens with zero attached hydrogens (tertiary/aromatic N) is 5. The summed E-state index contributed by atoms with van der Waals surface area (Å²) < 4.78 is 41.2. The predicted molar refractivity (Wildman–Crippen MR) is 175 cm³/mol. The number of nitrogens with one attached hydrogen (secondary N) is 2. The molecule has 2 saturated carbocycles. The van der Waals surface area contributed by atoms with Crippen LogP contribution in [0, 0.1) is 5.92 Å². The average Bonchev–Trinajstić information content (AvgIpc) is 3.93. The zero-order chi connectivity index (χ0) is 33.6. The summed E-state index contributed by atoms with van der Waals surface area (Å²) in [6, 6.07) is 7.88. The molecule has 2 aromatic heterocycles. The van der Waals surface area contributed by atoms with Crippen LogP contribution in [0.4, 0.5) is 4.79 Å². The van der Waals surface area contributed by atoms with Gasteiger partial charge in [-0.3, -0.25) is 14.3 Å². The number of aromatic nitrogens is 3. The maximum absolute atomic E-state index is 14.1. The number of rotatable bonds is 7. The van der Waals surface area contributed by atoms with Crippen molar-refractivity contribution in [3.8, 4) is 17.4 Å². The normalized spacial score (nSPS) is 26.3. The van der Waals surface area contributed by atoms with E-state index in [-0.39, 0.29) is 31.3 Å². The Morgan fingerprint density at radius 2 is 2.00 bits per heavy atom. The van der Waals surface area contributed by atoms with Gasteiger partial charge in [-0.25, -0.2) is 17.9 Å². The van der Waals surface area contributed by atoms with Crippen LogP contribution in [0.1, 0.15) is 44.9 Å². The molecule has 4 amide bonds. The summed E-state index contributed by atoms with van der Waals surface area (Å²) in [6.45, 7) is 0.614. The van der Waals surface area contributed by atoms with Crippen LogP contribution in [0.5, 0.6) is 11.6 Å². The van der Waals surface area contributed by atoms with Crippen molar-refractivity contribution in [2.75, 3.05) is 27.2 Å². The van der Waals surface area contributed by atoms with Crippen LogP contribution >= 0.6 is 0 Å². The first-order valence-electron chi connectivity index (χ1n) is 16.3. The molecule has 2 aliphatic heterocycles. The largest absolute Gasteiger partial charge is 0.497 e. The average molecular weight is 678 g/mol. The van der Waals surface area contributed by atoms with E-state index in [0.29, 0.717) is 42.2 Å². The fourth-order valence-corrected chi connectivity index (χ4v) is 7.95. The molecule has 1 saturated heterocycles. The molecule has 254 valence electrons. The van der Waals surface area contributed by atoms with Gasteiger partial charge in [0.05, 0.1) is 18.9 Å². The van der Waals surface area contributed by atoms with Crippen molar-refractivity contribution in [2.45, 2.75) is 67.9 Å². The molecule has 2 N–H and O–H groups in total. The third-order valence-electron chi connectivity index (χ3n) is 9.59. The number of carbonyl (C=O) groups excluding carboxylic acids is 3. The van der Waals surface area contributed by atoms with E-state index >= 15 is 0 Å². The van der Waals surface area contributed by atoms with Gasteiger partial charge in [0.1, 0.15) is 23.4 Å². The first-order valence-corrected chi connectivity index (χ1v) is 17.8.